The Hall–Kier alpha value is -2.06. The molecule has 0 aliphatic heterocycles. The zero-order valence-electron chi connectivity index (χ0n) is 10.7. The lowest BCUT2D eigenvalue weighted by Crippen LogP contribution is -2.35. The van der Waals surface area contributed by atoms with E-state index in [9.17, 15) is 18.0 Å². The van der Waals surface area contributed by atoms with Crippen LogP contribution in [0.1, 0.15) is 5.82 Å². The Morgan fingerprint density at radius 2 is 1.89 bits per heavy atom. The monoisotopic (exact) mass is 277 g/mol. The number of hydrogen-bond donors (Lipinski definition) is 1. The first-order chi connectivity index (χ1) is 8.61. The average molecular weight is 277 g/mol. The molecule has 1 rings (SSSR count). The van der Waals surface area contributed by atoms with Crippen molar-refractivity contribution in [2.75, 3.05) is 38.3 Å². The molecule has 1 amide bonds. The highest BCUT2D eigenvalue weighted by atomic mass is 19.4. The molecule has 0 atom stereocenters. The van der Waals surface area contributed by atoms with Crippen molar-refractivity contribution in [3.8, 4) is 0 Å². The number of halogens is 3. The lowest BCUT2D eigenvalue weighted by molar-refractivity contribution is -0.144. The highest BCUT2D eigenvalue weighted by molar-refractivity contribution is 5.80. The van der Waals surface area contributed by atoms with Crippen LogP contribution in [0.25, 0.3) is 0 Å². The Kier molecular flexibility index (Phi) is 4.17. The molecule has 19 heavy (non-hydrogen) atoms. The number of nitrogen functional groups attached to an aromatic ring is 1. The van der Waals surface area contributed by atoms with Crippen molar-refractivity contribution in [3.63, 3.8) is 0 Å². The second-order valence-electron chi connectivity index (χ2n) is 4.12. The van der Waals surface area contributed by atoms with Crippen molar-refractivity contribution in [3.05, 3.63) is 11.9 Å². The molecule has 1 heterocycles. The van der Waals surface area contributed by atoms with Crippen LogP contribution >= 0.6 is 0 Å². The van der Waals surface area contributed by atoms with E-state index < -0.39 is 12.0 Å². The molecular weight excluding hydrogens is 263 g/mol. The van der Waals surface area contributed by atoms with E-state index in [0.29, 0.717) is 0 Å². The van der Waals surface area contributed by atoms with Crippen LogP contribution in [0.3, 0.4) is 0 Å². The van der Waals surface area contributed by atoms with Crippen molar-refractivity contribution < 1.29 is 18.0 Å². The molecule has 9 heteroatoms. The zero-order valence-corrected chi connectivity index (χ0v) is 10.7. The molecule has 0 bridgehead atoms. The smallest absolute Gasteiger partial charge is 0.384 e. The minimum atomic E-state index is -4.68. The fourth-order valence-electron chi connectivity index (χ4n) is 1.20. The average Bonchev–Trinajstić information content (AvgIpc) is 2.26. The first-order valence-corrected chi connectivity index (χ1v) is 5.24. The Bertz CT molecular complexity index is 475. The maximum Gasteiger partial charge on any atom is 0.451 e. The third kappa shape index (κ3) is 3.97. The summed E-state index contributed by atoms with van der Waals surface area (Å²) in [6.07, 6.45) is -4.68. The van der Waals surface area contributed by atoms with Crippen molar-refractivity contribution in [2.45, 2.75) is 6.18 Å². The number of nitrogens with zero attached hydrogens (tertiary/aromatic N) is 4. The number of nitrogens with two attached hydrogens (primary N) is 1. The number of hydrogen-bond acceptors (Lipinski definition) is 5. The Morgan fingerprint density at radius 1 is 1.32 bits per heavy atom. The number of carbonyl (C=O) groups is 1. The second kappa shape index (κ2) is 5.29. The SMILES string of the molecule is CN(C)C(=O)CN(C)c1cc(N)nc(C(F)(F)F)n1. The summed E-state index contributed by atoms with van der Waals surface area (Å²) in [7, 11) is 4.54. The first-order valence-electron chi connectivity index (χ1n) is 5.24. The van der Waals surface area contributed by atoms with Gasteiger partial charge in [0.15, 0.2) is 0 Å². The number of rotatable bonds is 3. The van der Waals surface area contributed by atoms with Crippen LogP contribution in [-0.4, -0.2) is 48.5 Å². The molecule has 0 radical (unpaired) electrons. The van der Waals surface area contributed by atoms with E-state index >= 15 is 0 Å². The molecule has 1 aromatic rings. The molecule has 0 unspecified atom stereocenters. The van der Waals surface area contributed by atoms with E-state index in [2.05, 4.69) is 9.97 Å². The molecule has 1 aromatic heterocycles. The van der Waals surface area contributed by atoms with Crippen LogP contribution < -0.4 is 10.6 Å². The van der Waals surface area contributed by atoms with Crippen LogP contribution in [0.4, 0.5) is 24.8 Å². The lowest BCUT2D eigenvalue weighted by atomic mass is 10.4. The first kappa shape index (κ1) is 15.0. The number of aromatic nitrogens is 2. The molecule has 0 saturated carbocycles. The van der Waals surface area contributed by atoms with Gasteiger partial charge in [-0.15, -0.1) is 0 Å². The number of anilines is 2. The number of amides is 1. The standard InChI is InChI=1S/C10H14F3N5O/c1-17(2)8(19)5-18(3)7-4-6(14)15-9(16-7)10(11,12)13/h4H,5H2,1-3H3,(H2,14,15,16). The van der Waals surface area contributed by atoms with Gasteiger partial charge < -0.3 is 15.5 Å². The van der Waals surface area contributed by atoms with Crippen molar-refractivity contribution >= 4 is 17.5 Å². The largest absolute Gasteiger partial charge is 0.451 e. The van der Waals surface area contributed by atoms with E-state index in [1.807, 2.05) is 0 Å². The molecule has 2 N–H and O–H groups in total. The highest BCUT2D eigenvalue weighted by Gasteiger charge is 2.35. The van der Waals surface area contributed by atoms with Gasteiger partial charge in [0.05, 0.1) is 6.54 Å². The van der Waals surface area contributed by atoms with Gasteiger partial charge in [0.1, 0.15) is 11.6 Å². The molecule has 0 aromatic carbocycles. The summed E-state index contributed by atoms with van der Waals surface area (Å²) in [5.41, 5.74) is 5.31. The van der Waals surface area contributed by atoms with Gasteiger partial charge in [-0.3, -0.25) is 4.79 Å². The second-order valence-corrected chi connectivity index (χ2v) is 4.12. The van der Waals surface area contributed by atoms with Gasteiger partial charge in [0.25, 0.3) is 0 Å². The maximum absolute atomic E-state index is 12.5. The van der Waals surface area contributed by atoms with Crippen LogP contribution in [0.15, 0.2) is 6.07 Å². The minimum Gasteiger partial charge on any atom is -0.384 e. The van der Waals surface area contributed by atoms with Crippen LogP contribution in [0, 0.1) is 0 Å². The molecule has 6 nitrogen and oxygen atoms in total. The molecule has 0 aliphatic rings. The maximum atomic E-state index is 12.5. The van der Waals surface area contributed by atoms with E-state index in [4.69, 9.17) is 5.73 Å². The van der Waals surface area contributed by atoms with Gasteiger partial charge in [-0.05, 0) is 0 Å². The third-order valence-corrected chi connectivity index (χ3v) is 2.25. The zero-order chi connectivity index (χ0) is 14.8. The van der Waals surface area contributed by atoms with Crippen LogP contribution in [0.5, 0.6) is 0 Å². The van der Waals surface area contributed by atoms with Gasteiger partial charge in [0.2, 0.25) is 11.7 Å². The lowest BCUT2D eigenvalue weighted by Gasteiger charge is -2.20. The van der Waals surface area contributed by atoms with Crippen molar-refractivity contribution in [2.24, 2.45) is 0 Å². The molecule has 0 fully saturated rings. The third-order valence-electron chi connectivity index (χ3n) is 2.25. The summed E-state index contributed by atoms with van der Waals surface area (Å²) in [5, 5.41) is 0. The number of likely N-dealkylation sites (N-methyl/N-ethyl adjacent to an activating group) is 2. The number of alkyl halides is 3. The van der Waals surface area contributed by atoms with Crippen molar-refractivity contribution in [1.82, 2.24) is 14.9 Å². The number of carbonyl (C=O) groups excluding carboxylic acids is 1. The highest BCUT2D eigenvalue weighted by Crippen LogP contribution is 2.28. The topological polar surface area (TPSA) is 75.4 Å². The quantitative estimate of drug-likeness (QED) is 0.875. The summed E-state index contributed by atoms with van der Waals surface area (Å²) in [4.78, 5) is 20.6. The van der Waals surface area contributed by atoms with Crippen LogP contribution in [0.2, 0.25) is 0 Å². The van der Waals surface area contributed by atoms with E-state index in [1.165, 1.54) is 22.9 Å². The fourth-order valence-corrected chi connectivity index (χ4v) is 1.20. The van der Waals surface area contributed by atoms with Gasteiger partial charge in [-0.2, -0.15) is 13.2 Å². The normalized spacial score (nSPS) is 11.3. The van der Waals surface area contributed by atoms with Gasteiger partial charge in [-0.1, -0.05) is 0 Å². The predicted octanol–water partition coefficient (Wildman–Crippen LogP) is 0.602. The minimum absolute atomic E-state index is 0.0602. The van der Waals surface area contributed by atoms with E-state index in [-0.39, 0.29) is 24.1 Å². The van der Waals surface area contributed by atoms with E-state index in [0.717, 1.165) is 0 Å². The fraction of sp³-hybridized carbons (Fsp3) is 0.500. The molecule has 106 valence electrons. The van der Waals surface area contributed by atoms with Gasteiger partial charge >= 0.3 is 6.18 Å². The summed E-state index contributed by atoms with van der Waals surface area (Å²) in [6.45, 7) is -0.110. The van der Waals surface area contributed by atoms with E-state index in [1.54, 1.807) is 14.1 Å². The van der Waals surface area contributed by atoms with Crippen LogP contribution in [-0.2, 0) is 11.0 Å². The predicted molar refractivity (Wildman–Crippen MR) is 63.4 cm³/mol. The Labute approximate surface area is 108 Å². The summed E-state index contributed by atoms with van der Waals surface area (Å²) >= 11 is 0. The molecular formula is C10H14F3N5O. The molecule has 0 aliphatic carbocycles. The van der Waals surface area contributed by atoms with Gasteiger partial charge in [-0.25, -0.2) is 9.97 Å². The summed E-state index contributed by atoms with van der Waals surface area (Å²) in [5.74, 6) is -1.96. The Balaban J connectivity index is 3.01. The summed E-state index contributed by atoms with van der Waals surface area (Å²) in [6, 6.07) is 1.18. The van der Waals surface area contributed by atoms with Crippen molar-refractivity contribution in [1.29, 1.82) is 0 Å². The summed E-state index contributed by atoms with van der Waals surface area (Å²) < 4.78 is 37.6. The van der Waals surface area contributed by atoms with Gasteiger partial charge in [0, 0.05) is 27.2 Å². The Morgan fingerprint density at radius 3 is 2.37 bits per heavy atom. The molecule has 0 spiro atoms. The molecule has 0 saturated heterocycles.